The molecule has 0 N–H and O–H groups in total. The Hall–Kier alpha value is -1.90. The van der Waals surface area contributed by atoms with Crippen LogP contribution >= 0.6 is 0 Å². The lowest BCUT2D eigenvalue weighted by Gasteiger charge is -2.02. The highest BCUT2D eigenvalue weighted by Crippen LogP contribution is 2.10. The molecule has 70 valence electrons. The number of nitrogens with zero attached hydrogens (tertiary/aromatic N) is 2. The zero-order valence-electron chi connectivity index (χ0n) is 7.84. The molecule has 1 aromatic heterocycles. The van der Waals surface area contributed by atoms with Gasteiger partial charge in [0.25, 0.3) is 0 Å². The maximum absolute atomic E-state index is 10.5. The Morgan fingerprint density at radius 2 is 2.00 bits per heavy atom. The molecular formula is C11H10N2O. The summed E-state index contributed by atoms with van der Waals surface area (Å²) in [5.74, 6) is 0.818. The van der Waals surface area contributed by atoms with E-state index in [1.54, 1.807) is 6.20 Å². The lowest BCUT2D eigenvalue weighted by atomic mass is 10.3. The van der Waals surface area contributed by atoms with Crippen LogP contribution in [-0.2, 0) is 0 Å². The third kappa shape index (κ3) is 1.44. The first-order valence-corrected chi connectivity index (χ1v) is 4.38. The van der Waals surface area contributed by atoms with E-state index in [4.69, 9.17) is 0 Å². The van der Waals surface area contributed by atoms with Crippen LogP contribution in [0, 0.1) is 6.92 Å². The molecule has 1 heterocycles. The van der Waals surface area contributed by atoms with Gasteiger partial charge in [0.15, 0.2) is 6.29 Å². The first-order valence-electron chi connectivity index (χ1n) is 4.38. The zero-order chi connectivity index (χ0) is 9.97. The number of hydrogen-bond donors (Lipinski definition) is 0. The number of para-hydroxylation sites is 1. The summed E-state index contributed by atoms with van der Waals surface area (Å²) in [6.45, 7) is 1.88. The van der Waals surface area contributed by atoms with E-state index in [9.17, 15) is 4.79 Å². The normalized spacial score (nSPS) is 10.1. The van der Waals surface area contributed by atoms with Gasteiger partial charge in [0.1, 0.15) is 11.5 Å². The smallest absolute Gasteiger partial charge is 0.170 e. The Morgan fingerprint density at radius 3 is 2.57 bits per heavy atom. The van der Waals surface area contributed by atoms with Gasteiger partial charge in [0, 0.05) is 11.9 Å². The summed E-state index contributed by atoms with van der Waals surface area (Å²) in [5.41, 5.74) is 1.48. The number of benzene rings is 1. The predicted molar refractivity (Wildman–Crippen MR) is 53.7 cm³/mol. The molecule has 0 spiro atoms. The van der Waals surface area contributed by atoms with Gasteiger partial charge >= 0.3 is 0 Å². The van der Waals surface area contributed by atoms with Gasteiger partial charge in [-0.3, -0.25) is 4.79 Å². The van der Waals surface area contributed by atoms with Crippen LogP contribution in [0.2, 0.25) is 0 Å². The summed E-state index contributed by atoms with van der Waals surface area (Å²) in [5, 5.41) is 0. The van der Waals surface area contributed by atoms with Crippen molar-refractivity contribution in [3.63, 3.8) is 0 Å². The number of aldehydes is 1. The van der Waals surface area contributed by atoms with Crippen molar-refractivity contribution in [2.75, 3.05) is 0 Å². The van der Waals surface area contributed by atoms with E-state index in [1.165, 1.54) is 0 Å². The topological polar surface area (TPSA) is 34.9 Å². The van der Waals surface area contributed by atoms with Crippen LogP contribution in [0.25, 0.3) is 5.69 Å². The van der Waals surface area contributed by atoms with Crippen molar-refractivity contribution >= 4 is 6.29 Å². The summed E-state index contributed by atoms with van der Waals surface area (Å²) in [6.07, 6.45) is 2.49. The van der Waals surface area contributed by atoms with Gasteiger partial charge in [-0.2, -0.15) is 0 Å². The van der Waals surface area contributed by atoms with Gasteiger partial charge in [-0.05, 0) is 19.1 Å². The van der Waals surface area contributed by atoms with Crippen LogP contribution in [-0.4, -0.2) is 15.8 Å². The van der Waals surface area contributed by atoms with Crippen molar-refractivity contribution < 1.29 is 4.79 Å². The van der Waals surface area contributed by atoms with Gasteiger partial charge in [0.2, 0.25) is 0 Å². The second kappa shape index (κ2) is 3.46. The van der Waals surface area contributed by atoms with Crippen molar-refractivity contribution in [3.8, 4) is 5.69 Å². The highest BCUT2D eigenvalue weighted by molar-refractivity contribution is 5.71. The van der Waals surface area contributed by atoms with E-state index in [-0.39, 0.29) is 0 Å². The molecule has 0 radical (unpaired) electrons. The van der Waals surface area contributed by atoms with Gasteiger partial charge in [-0.25, -0.2) is 4.98 Å². The lowest BCUT2D eigenvalue weighted by molar-refractivity contribution is 0.111. The van der Waals surface area contributed by atoms with Gasteiger partial charge in [-0.1, -0.05) is 18.2 Å². The van der Waals surface area contributed by atoms with Crippen molar-refractivity contribution in [2.24, 2.45) is 0 Å². The SMILES string of the molecule is Cc1nc(C=O)cn1-c1ccccc1. The maximum Gasteiger partial charge on any atom is 0.170 e. The Morgan fingerprint density at radius 1 is 1.29 bits per heavy atom. The number of hydrogen-bond acceptors (Lipinski definition) is 2. The van der Waals surface area contributed by atoms with Gasteiger partial charge < -0.3 is 4.57 Å². The minimum absolute atomic E-state index is 0.464. The minimum Gasteiger partial charge on any atom is -0.303 e. The second-order valence-electron chi connectivity index (χ2n) is 3.04. The van der Waals surface area contributed by atoms with E-state index >= 15 is 0 Å². The lowest BCUT2D eigenvalue weighted by Crippen LogP contribution is -1.93. The molecule has 0 amide bonds. The van der Waals surface area contributed by atoms with Crippen LogP contribution in [0.3, 0.4) is 0 Å². The monoisotopic (exact) mass is 186 g/mol. The van der Waals surface area contributed by atoms with E-state index < -0.39 is 0 Å². The van der Waals surface area contributed by atoms with Crippen molar-refractivity contribution in [2.45, 2.75) is 6.92 Å². The molecule has 0 aliphatic carbocycles. The highest BCUT2D eigenvalue weighted by Gasteiger charge is 2.03. The standard InChI is InChI=1S/C11H10N2O/c1-9-12-10(8-14)7-13(9)11-5-3-2-4-6-11/h2-8H,1H3. The molecular weight excluding hydrogens is 176 g/mol. The third-order valence-electron chi connectivity index (χ3n) is 2.06. The number of imidazole rings is 1. The summed E-state index contributed by atoms with van der Waals surface area (Å²) in [7, 11) is 0. The molecule has 0 aliphatic rings. The molecule has 3 nitrogen and oxygen atoms in total. The molecule has 3 heteroatoms. The molecule has 0 fully saturated rings. The predicted octanol–water partition coefficient (Wildman–Crippen LogP) is 1.99. The molecule has 1 aromatic carbocycles. The first kappa shape index (κ1) is 8.69. The highest BCUT2D eigenvalue weighted by atomic mass is 16.1. The summed E-state index contributed by atoms with van der Waals surface area (Å²) in [4.78, 5) is 14.6. The molecule has 0 aliphatic heterocycles. The number of rotatable bonds is 2. The molecule has 0 saturated heterocycles. The Labute approximate surface area is 82.0 Å². The average Bonchev–Trinajstić information content (AvgIpc) is 2.61. The van der Waals surface area contributed by atoms with Crippen LogP contribution < -0.4 is 0 Å². The Kier molecular flexibility index (Phi) is 2.14. The van der Waals surface area contributed by atoms with E-state index in [1.807, 2.05) is 41.8 Å². The van der Waals surface area contributed by atoms with Crippen LogP contribution in [0.1, 0.15) is 16.3 Å². The van der Waals surface area contributed by atoms with Crippen LogP contribution in [0.15, 0.2) is 36.5 Å². The summed E-state index contributed by atoms with van der Waals surface area (Å²) in [6, 6.07) is 9.81. The van der Waals surface area contributed by atoms with Gasteiger partial charge in [0.05, 0.1) is 0 Å². The first-order chi connectivity index (χ1) is 6.81. The fraction of sp³-hybridized carbons (Fsp3) is 0.0909. The number of aromatic nitrogens is 2. The number of carbonyl (C=O) groups excluding carboxylic acids is 1. The second-order valence-corrected chi connectivity index (χ2v) is 3.04. The quantitative estimate of drug-likeness (QED) is 0.672. The van der Waals surface area contributed by atoms with Crippen molar-refractivity contribution in [1.82, 2.24) is 9.55 Å². The van der Waals surface area contributed by atoms with Crippen LogP contribution in [0.4, 0.5) is 0 Å². The van der Waals surface area contributed by atoms with Crippen LogP contribution in [0.5, 0.6) is 0 Å². The molecule has 0 unspecified atom stereocenters. The molecule has 14 heavy (non-hydrogen) atoms. The van der Waals surface area contributed by atoms with E-state index in [2.05, 4.69) is 4.98 Å². The molecule has 0 bridgehead atoms. The zero-order valence-corrected chi connectivity index (χ0v) is 7.84. The van der Waals surface area contributed by atoms with Crippen molar-refractivity contribution in [1.29, 1.82) is 0 Å². The summed E-state index contributed by atoms with van der Waals surface area (Å²) < 4.78 is 1.89. The molecule has 2 rings (SSSR count). The Balaban J connectivity index is 2.51. The molecule has 0 atom stereocenters. The third-order valence-corrected chi connectivity index (χ3v) is 2.06. The van der Waals surface area contributed by atoms with Gasteiger partial charge in [-0.15, -0.1) is 0 Å². The van der Waals surface area contributed by atoms with E-state index in [0.717, 1.165) is 17.8 Å². The Bertz CT molecular complexity index is 446. The van der Waals surface area contributed by atoms with E-state index in [0.29, 0.717) is 5.69 Å². The minimum atomic E-state index is 0.464. The van der Waals surface area contributed by atoms with Crippen molar-refractivity contribution in [3.05, 3.63) is 48.0 Å². The largest absolute Gasteiger partial charge is 0.303 e. The molecule has 0 saturated carbocycles. The number of carbonyl (C=O) groups is 1. The average molecular weight is 186 g/mol. The number of aryl methyl sites for hydroxylation is 1. The molecule has 2 aromatic rings. The fourth-order valence-electron chi connectivity index (χ4n) is 1.40. The summed E-state index contributed by atoms with van der Waals surface area (Å²) >= 11 is 0. The fourth-order valence-corrected chi connectivity index (χ4v) is 1.40. The maximum atomic E-state index is 10.5.